The lowest BCUT2D eigenvalue weighted by Crippen LogP contribution is -2.25. The van der Waals surface area contributed by atoms with E-state index in [1.54, 1.807) is 35.2 Å². The van der Waals surface area contributed by atoms with Crippen LogP contribution in [-0.2, 0) is 23.1 Å². The van der Waals surface area contributed by atoms with Crippen molar-refractivity contribution < 1.29 is 8.42 Å². The maximum atomic E-state index is 12.3. The summed E-state index contributed by atoms with van der Waals surface area (Å²) >= 11 is 0. The van der Waals surface area contributed by atoms with Crippen molar-refractivity contribution >= 4 is 10.0 Å². The van der Waals surface area contributed by atoms with E-state index in [1.165, 1.54) is 0 Å². The Bertz CT molecular complexity index is 709. The first-order chi connectivity index (χ1) is 9.94. The molecule has 3 N–H and O–H groups in total. The highest BCUT2D eigenvalue weighted by Gasteiger charge is 2.16. The minimum atomic E-state index is -3.60. The van der Waals surface area contributed by atoms with Crippen molar-refractivity contribution in [3.8, 4) is 0 Å². The predicted molar refractivity (Wildman–Crippen MR) is 78.8 cm³/mol. The number of nitrogens with two attached hydrogens (primary N) is 1. The zero-order valence-electron chi connectivity index (χ0n) is 12.0. The molecule has 0 radical (unpaired) electrons. The van der Waals surface area contributed by atoms with Gasteiger partial charge in [-0.25, -0.2) is 13.1 Å². The Morgan fingerprint density at radius 2 is 2.19 bits per heavy atom. The van der Waals surface area contributed by atoms with Gasteiger partial charge in [0.25, 0.3) is 0 Å². The van der Waals surface area contributed by atoms with Crippen molar-refractivity contribution in [1.82, 2.24) is 19.5 Å². The summed E-state index contributed by atoms with van der Waals surface area (Å²) in [6, 6.07) is 6.39. The maximum Gasteiger partial charge on any atom is 0.240 e. The maximum absolute atomic E-state index is 12.3. The lowest BCUT2D eigenvalue weighted by atomic mass is 10.1. The largest absolute Gasteiger partial charge is 0.324 e. The predicted octanol–water partition coefficient (Wildman–Crippen LogP) is 0.796. The van der Waals surface area contributed by atoms with Gasteiger partial charge in [-0.05, 0) is 31.5 Å². The molecule has 8 heteroatoms. The molecule has 2 rings (SSSR count). The van der Waals surface area contributed by atoms with Crippen LogP contribution >= 0.6 is 0 Å². The van der Waals surface area contributed by atoms with Gasteiger partial charge in [0.05, 0.1) is 11.4 Å². The lowest BCUT2D eigenvalue weighted by Gasteiger charge is -2.10. The number of sulfonamides is 1. The first-order valence-corrected chi connectivity index (χ1v) is 8.14. The molecule has 1 unspecified atom stereocenters. The van der Waals surface area contributed by atoms with Gasteiger partial charge in [0.2, 0.25) is 10.0 Å². The minimum absolute atomic E-state index is 0.0958. The van der Waals surface area contributed by atoms with Crippen molar-refractivity contribution in [2.45, 2.75) is 37.9 Å². The highest BCUT2D eigenvalue weighted by Crippen LogP contribution is 2.16. The highest BCUT2D eigenvalue weighted by atomic mass is 32.2. The molecule has 0 bridgehead atoms. The molecule has 1 aromatic heterocycles. The van der Waals surface area contributed by atoms with Crippen LogP contribution in [-0.4, -0.2) is 23.2 Å². The lowest BCUT2D eigenvalue weighted by molar-refractivity contribution is 0.575. The van der Waals surface area contributed by atoms with Gasteiger partial charge >= 0.3 is 0 Å². The summed E-state index contributed by atoms with van der Waals surface area (Å²) in [5.41, 5.74) is 6.55. The summed E-state index contributed by atoms with van der Waals surface area (Å²) in [7, 11) is -3.60. The van der Waals surface area contributed by atoms with Crippen molar-refractivity contribution in [2.75, 3.05) is 0 Å². The smallest absolute Gasteiger partial charge is 0.240 e. The van der Waals surface area contributed by atoms with Crippen molar-refractivity contribution in [3.05, 3.63) is 42.0 Å². The summed E-state index contributed by atoms with van der Waals surface area (Å²) in [6.07, 6.45) is 1.57. The molecule has 0 spiro atoms. The highest BCUT2D eigenvalue weighted by molar-refractivity contribution is 7.89. The summed E-state index contributed by atoms with van der Waals surface area (Å²) in [4.78, 5) is 0.194. The van der Waals surface area contributed by atoms with E-state index >= 15 is 0 Å². The van der Waals surface area contributed by atoms with Crippen LogP contribution in [0.25, 0.3) is 0 Å². The molecular weight excluding hydrogens is 290 g/mol. The molecular formula is C13H19N5O2S. The number of hydrogen-bond donors (Lipinski definition) is 2. The van der Waals surface area contributed by atoms with E-state index in [0.29, 0.717) is 12.4 Å². The van der Waals surface area contributed by atoms with Gasteiger partial charge in [-0.15, -0.1) is 10.2 Å². The average molecular weight is 309 g/mol. The number of nitrogens with one attached hydrogen (secondary N) is 1. The molecule has 0 aliphatic rings. The molecule has 7 nitrogen and oxygen atoms in total. The molecule has 0 aliphatic heterocycles. The molecule has 114 valence electrons. The van der Waals surface area contributed by atoms with Gasteiger partial charge in [0, 0.05) is 12.6 Å². The van der Waals surface area contributed by atoms with Gasteiger partial charge in [0.15, 0.2) is 0 Å². The van der Waals surface area contributed by atoms with Gasteiger partial charge < -0.3 is 10.3 Å². The molecule has 1 atom stereocenters. The fraction of sp³-hybridized carbons (Fsp3) is 0.385. The first-order valence-electron chi connectivity index (χ1n) is 6.66. The van der Waals surface area contributed by atoms with Crippen LogP contribution in [0.2, 0.25) is 0 Å². The van der Waals surface area contributed by atoms with E-state index in [0.717, 1.165) is 5.56 Å². The zero-order chi connectivity index (χ0) is 15.5. The number of aromatic nitrogens is 3. The van der Waals surface area contributed by atoms with Crippen molar-refractivity contribution in [3.63, 3.8) is 0 Å². The Morgan fingerprint density at radius 3 is 2.86 bits per heavy atom. The third-order valence-electron chi connectivity index (χ3n) is 3.15. The van der Waals surface area contributed by atoms with Crippen LogP contribution in [0.1, 0.15) is 31.3 Å². The van der Waals surface area contributed by atoms with E-state index in [2.05, 4.69) is 14.9 Å². The minimum Gasteiger partial charge on any atom is -0.324 e. The monoisotopic (exact) mass is 309 g/mol. The van der Waals surface area contributed by atoms with E-state index in [-0.39, 0.29) is 17.5 Å². The number of nitrogens with zero attached hydrogens (tertiary/aromatic N) is 3. The molecule has 1 heterocycles. The average Bonchev–Trinajstić information content (AvgIpc) is 2.93. The second-order valence-electron chi connectivity index (χ2n) is 4.72. The van der Waals surface area contributed by atoms with Crippen LogP contribution in [0.3, 0.4) is 0 Å². The van der Waals surface area contributed by atoms with Crippen molar-refractivity contribution in [1.29, 1.82) is 0 Å². The zero-order valence-corrected chi connectivity index (χ0v) is 12.8. The van der Waals surface area contributed by atoms with Crippen LogP contribution in [0, 0.1) is 0 Å². The first kappa shape index (κ1) is 15.6. The molecule has 0 amide bonds. The summed E-state index contributed by atoms with van der Waals surface area (Å²) in [6.45, 7) is 4.53. The Balaban J connectivity index is 2.17. The SMILES string of the molecule is CCn1cnnc1CNS(=O)(=O)c1cccc(C(C)N)c1. The number of hydrogen-bond acceptors (Lipinski definition) is 5. The summed E-state index contributed by atoms with van der Waals surface area (Å²) in [5.74, 6) is 0.574. The number of benzene rings is 1. The summed E-state index contributed by atoms with van der Waals surface area (Å²) in [5, 5.41) is 7.66. The fourth-order valence-corrected chi connectivity index (χ4v) is 2.92. The Hall–Kier alpha value is -1.77. The third-order valence-corrected chi connectivity index (χ3v) is 4.55. The topological polar surface area (TPSA) is 103 Å². The molecule has 0 fully saturated rings. The number of aryl methyl sites for hydroxylation is 1. The van der Waals surface area contributed by atoms with Crippen LogP contribution in [0.15, 0.2) is 35.5 Å². The Morgan fingerprint density at radius 1 is 1.43 bits per heavy atom. The number of rotatable bonds is 6. The molecule has 2 aromatic rings. The van der Waals surface area contributed by atoms with Gasteiger partial charge in [0.1, 0.15) is 12.2 Å². The van der Waals surface area contributed by atoms with Gasteiger partial charge in [-0.3, -0.25) is 0 Å². The standard InChI is InChI=1S/C13H19N5O2S/c1-3-18-9-15-17-13(18)8-16-21(19,20)12-6-4-5-11(7-12)10(2)14/h4-7,9-10,16H,3,8,14H2,1-2H3. The van der Waals surface area contributed by atoms with E-state index in [4.69, 9.17) is 5.73 Å². The third kappa shape index (κ3) is 3.66. The summed E-state index contributed by atoms with van der Waals surface area (Å²) < 4.78 is 28.9. The van der Waals surface area contributed by atoms with E-state index < -0.39 is 10.0 Å². The van der Waals surface area contributed by atoms with Crippen molar-refractivity contribution in [2.24, 2.45) is 5.73 Å². The quantitative estimate of drug-likeness (QED) is 0.821. The van der Waals surface area contributed by atoms with E-state index in [9.17, 15) is 8.42 Å². The molecule has 0 saturated carbocycles. The molecule has 1 aromatic carbocycles. The molecule has 0 aliphatic carbocycles. The molecule has 21 heavy (non-hydrogen) atoms. The van der Waals surface area contributed by atoms with E-state index in [1.807, 2.05) is 13.8 Å². The fourth-order valence-electron chi connectivity index (χ4n) is 1.89. The Kier molecular flexibility index (Phi) is 4.71. The normalized spacial score (nSPS) is 13.3. The molecule has 0 saturated heterocycles. The second-order valence-corrected chi connectivity index (χ2v) is 6.49. The van der Waals surface area contributed by atoms with Crippen LogP contribution in [0.5, 0.6) is 0 Å². The van der Waals surface area contributed by atoms with Gasteiger partial charge in [-0.1, -0.05) is 12.1 Å². The van der Waals surface area contributed by atoms with Crippen LogP contribution < -0.4 is 10.5 Å². The Labute approximate surface area is 124 Å². The van der Waals surface area contributed by atoms with Crippen LogP contribution in [0.4, 0.5) is 0 Å². The second kappa shape index (κ2) is 6.33. The van der Waals surface area contributed by atoms with Gasteiger partial charge in [-0.2, -0.15) is 0 Å².